The molecule has 0 aliphatic carbocycles. The van der Waals surface area contributed by atoms with E-state index in [-0.39, 0.29) is 16.8 Å². The minimum absolute atomic E-state index is 0.102. The summed E-state index contributed by atoms with van der Waals surface area (Å²) >= 11 is 1.11. The second-order valence-corrected chi connectivity index (χ2v) is 11.0. The molecule has 0 aliphatic rings. The van der Waals surface area contributed by atoms with Crippen LogP contribution in [0.15, 0.2) is 30.3 Å². The number of esters is 1. The van der Waals surface area contributed by atoms with Crippen molar-refractivity contribution in [3.05, 3.63) is 40.8 Å². The molecule has 1 N–H and O–H groups in total. The predicted octanol–water partition coefficient (Wildman–Crippen LogP) is 5.76. The van der Waals surface area contributed by atoms with Gasteiger partial charge in [0.2, 0.25) is 6.41 Å². The van der Waals surface area contributed by atoms with Crippen LogP contribution in [-0.2, 0) is 14.2 Å². The van der Waals surface area contributed by atoms with Gasteiger partial charge in [0.15, 0.2) is 5.78 Å². The van der Waals surface area contributed by atoms with Gasteiger partial charge in [-0.25, -0.2) is 9.59 Å². The van der Waals surface area contributed by atoms with Gasteiger partial charge in [0.25, 0.3) is 0 Å². The fourth-order valence-corrected chi connectivity index (χ4v) is 5.01. The monoisotopic (exact) mass is 541 g/mol. The summed E-state index contributed by atoms with van der Waals surface area (Å²) in [6, 6.07) is 8.43. The molecule has 10 nitrogen and oxygen atoms in total. The Morgan fingerprint density at radius 2 is 1.84 bits per heavy atom. The fourth-order valence-electron chi connectivity index (χ4n) is 3.96. The normalized spacial score (nSPS) is 13.6. The van der Waals surface area contributed by atoms with Crippen molar-refractivity contribution in [3.8, 4) is 11.4 Å². The van der Waals surface area contributed by atoms with Gasteiger partial charge in [-0.15, -0.1) is 11.3 Å². The molecule has 202 valence electrons. The van der Waals surface area contributed by atoms with Crippen molar-refractivity contribution < 1.29 is 33.7 Å². The molecule has 3 heterocycles. The number of thiophene rings is 1. The van der Waals surface area contributed by atoms with Crippen molar-refractivity contribution in [2.75, 3.05) is 7.11 Å². The number of nitrogens with zero attached hydrogens (tertiary/aromatic N) is 3. The Balaban J connectivity index is 2.00. The molecule has 0 aliphatic heterocycles. The van der Waals surface area contributed by atoms with Crippen molar-refractivity contribution in [1.82, 2.24) is 14.3 Å². The number of Topliss-reactive ketones (excluding diaryl/α,β-unsaturated/α-hetero) is 1. The Morgan fingerprint density at radius 3 is 2.45 bits per heavy atom. The summed E-state index contributed by atoms with van der Waals surface area (Å²) < 4.78 is 19.5. The number of aliphatic hydroxyl groups is 1. The molecule has 0 radical (unpaired) electrons. The highest BCUT2D eigenvalue weighted by Gasteiger charge is 2.29. The van der Waals surface area contributed by atoms with Crippen LogP contribution in [0, 0.1) is 0 Å². The molecular weight excluding hydrogens is 510 g/mol. The Hall–Kier alpha value is -3.54. The zero-order valence-electron chi connectivity index (χ0n) is 22.4. The quantitative estimate of drug-likeness (QED) is 0.178. The smallest absolute Gasteiger partial charge is 0.435 e. The van der Waals surface area contributed by atoms with Crippen LogP contribution in [-0.4, -0.2) is 56.1 Å². The summed E-state index contributed by atoms with van der Waals surface area (Å²) in [5, 5.41) is 16.4. The standard InChI is InChI=1S/C27H31N3O7S/c1-8-14(2)36-25(33)29-18-10-9-16(15(3)31)11-17(18)12-19(29)22-23-20(13-21(38-23)24(32)35-7)30(28-22)26(34)37-27(4,5)6/h9-14,25,33H,8H2,1-7H3. The van der Waals surface area contributed by atoms with E-state index < -0.39 is 24.1 Å². The molecule has 0 spiro atoms. The van der Waals surface area contributed by atoms with Crippen molar-refractivity contribution in [1.29, 1.82) is 0 Å². The molecule has 2 atom stereocenters. The number of aromatic nitrogens is 3. The van der Waals surface area contributed by atoms with Crippen LogP contribution in [0.3, 0.4) is 0 Å². The highest BCUT2D eigenvalue weighted by atomic mass is 32.1. The lowest BCUT2D eigenvalue weighted by atomic mass is 10.1. The lowest BCUT2D eigenvalue weighted by molar-refractivity contribution is -0.176. The number of hydrogen-bond donors (Lipinski definition) is 1. The van der Waals surface area contributed by atoms with E-state index in [0.717, 1.165) is 16.0 Å². The van der Waals surface area contributed by atoms with Gasteiger partial charge in [0.1, 0.15) is 16.2 Å². The number of rotatable bonds is 7. The highest BCUT2D eigenvalue weighted by Crippen LogP contribution is 2.39. The van der Waals surface area contributed by atoms with Crippen LogP contribution < -0.4 is 0 Å². The van der Waals surface area contributed by atoms with E-state index in [1.54, 1.807) is 49.6 Å². The maximum absolute atomic E-state index is 13.1. The van der Waals surface area contributed by atoms with Crippen LogP contribution in [0.2, 0.25) is 0 Å². The molecule has 1 aromatic carbocycles. The molecule has 0 fully saturated rings. The van der Waals surface area contributed by atoms with Gasteiger partial charge in [-0.05, 0) is 71.4 Å². The van der Waals surface area contributed by atoms with E-state index in [1.165, 1.54) is 20.1 Å². The number of fused-ring (bicyclic) bond motifs is 2. The van der Waals surface area contributed by atoms with Gasteiger partial charge in [0, 0.05) is 10.9 Å². The van der Waals surface area contributed by atoms with E-state index >= 15 is 0 Å². The average Bonchev–Trinajstić information content (AvgIpc) is 3.53. The first-order valence-electron chi connectivity index (χ1n) is 12.2. The molecule has 4 rings (SSSR count). The minimum Gasteiger partial charge on any atom is -0.465 e. The van der Waals surface area contributed by atoms with Crippen LogP contribution >= 0.6 is 11.3 Å². The van der Waals surface area contributed by atoms with Gasteiger partial charge < -0.3 is 19.3 Å². The van der Waals surface area contributed by atoms with E-state index in [4.69, 9.17) is 14.2 Å². The number of benzene rings is 1. The first-order valence-corrected chi connectivity index (χ1v) is 13.0. The number of ether oxygens (including phenoxy) is 3. The highest BCUT2D eigenvalue weighted by molar-refractivity contribution is 7.21. The van der Waals surface area contributed by atoms with Gasteiger partial charge in [-0.1, -0.05) is 6.92 Å². The van der Waals surface area contributed by atoms with Gasteiger partial charge in [0.05, 0.1) is 34.6 Å². The minimum atomic E-state index is -1.39. The zero-order chi connectivity index (χ0) is 27.9. The van der Waals surface area contributed by atoms with Gasteiger partial charge in [-0.3, -0.25) is 9.36 Å². The number of hydrogen-bond acceptors (Lipinski definition) is 9. The summed E-state index contributed by atoms with van der Waals surface area (Å²) in [6.07, 6.45) is -1.69. The van der Waals surface area contributed by atoms with Crippen molar-refractivity contribution in [2.45, 2.75) is 66.1 Å². The van der Waals surface area contributed by atoms with Crippen LogP contribution in [0.1, 0.15) is 74.4 Å². The topological polar surface area (TPSA) is 122 Å². The summed E-state index contributed by atoms with van der Waals surface area (Å²) in [7, 11) is 1.28. The van der Waals surface area contributed by atoms with Crippen molar-refractivity contribution in [3.63, 3.8) is 0 Å². The Kier molecular flexibility index (Phi) is 7.46. The molecule has 0 amide bonds. The Morgan fingerprint density at radius 1 is 1.13 bits per heavy atom. The summed E-state index contributed by atoms with van der Waals surface area (Å²) in [4.78, 5) is 37.8. The summed E-state index contributed by atoms with van der Waals surface area (Å²) in [6.45, 7) is 10.5. The second kappa shape index (κ2) is 10.3. The molecule has 38 heavy (non-hydrogen) atoms. The number of methoxy groups -OCH3 is 1. The van der Waals surface area contributed by atoms with Crippen LogP contribution in [0.4, 0.5) is 4.79 Å². The largest absolute Gasteiger partial charge is 0.465 e. The lowest BCUT2D eigenvalue weighted by Crippen LogP contribution is -2.27. The molecule has 4 aromatic rings. The third-order valence-corrected chi connectivity index (χ3v) is 7.06. The molecule has 0 saturated carbocycles. The SMILES string of the molecule is CCC(C)OC(O)n1c(-c2nn(C(=O)OC(C)(C)C)c3cc(C(=O)OC)sc23)cc2cc(C(C)=O)ccc21. The molecule has 0 saturated heterocycles. The summed E-state index contributed by atoms with van der Waals surface area (Å²) in [5.41, 5.74) is 1.45. The first-order chi connectivity index (χ1) is 17.8. The maximum Gasteiger partial charge on any atom is 0.435 e. The van der Waals surface area contributed by atoms with E-state index in [9.17, 15) is 19.5 Å². The number of carbonyl (C=O) groups excluding carboxylic acids is 3. The van der Waals surface area contributed by atoms with E-state index in [1.807, 2.05) is 13.8 Å². The number of aliphatic hydroxyl groups excluding tert-OH is 1. The maximum atomic E-state index is 13.1. The molecule has 2 unspecified atom stereocenters. The third-order valence-electron chi connectivity index (χ3n) is 5.95. The molecule has 0 bridgehead atoms. The van der Waals surface area contributed by atoms with Crippen LogP contribution in [0.5, 0.6) is 0 Å². The molecule has 3 aromatic heterocycles. The first kappa shape index (κ1) is 27.5. The average molecular weight is 542 g/mol. The fraction of sp³-hybridized carbons (Fsp3) is 0.407. The molecular formula is C27H31N3O7S. The number of carbonyl (C=O) groups is 3. The van der Waals surface area contributed by atoms with E-state index in [0.29, 0.717) is 44.5 Å². The van der Waals surface area contributed by atoms with Gasteiger partial charge >= 0.3 is 12.1 Å². The Labute approximate surface area is 223 Å². The van der Waals surface area contributed by atoms with Crippen molar-refractivity contribution in [2.24, 2.45) is 0 Å². The van der Waals surface area contributed by atoms with Gasteiger partial charge in [-0.2, -0.15) is 9.78 Å². The van der Waals surface area contributed by atoms with Crippen molar-refractivity contribution >= 4 is 50.3 Å². The second-order valence-electron chi connectivity index (χ2n) is 9.97. The Bertz CT molecular complexity index is 1540. The lowest BCUT2D eigenvalue weighted by Gasteiger charge is -2.21. The number of ketones is 1. The van der Waals surface area contributed by atoms with E-state index in [2.05, 4.69) is 5.10 Å². The third kappa shape index (κ3) is 5.22. The predicted molar refractivity (Wildman–Crippen MR) is 144 cm³/mol. The molecule has 11 heteroatoms. The zero-order valence-corrected chi connectivity index (χ0v) is 23.2. The summed E-state index contributed by atoms with van der Waals surface area (Å²) in [5.74, 6) is -0.658. The van der Waals surface area contributed by atoms with Crippen LogP contribution in [0.25, 0.3) is 32.5 Å².